The number of nitrogens with one attached hydrogen (secondary N) is 2. The first-order valence-corrected chi connectivity index (χ1v) is 9.12. The van der Waals surface area contributed by atoms with E-state index >= 15 is 0 Å². The van der Waals surface area contributed by atoms with E-state index in [-0.39, 0.29) is 24.1 Å². The first-order valence-electron chi connectivity index (χ1n) is 8.13. The van der Waals surface area contributed by atoms with Crippen molar-refractivity contribution in [2.75, 3.05) is 19.3 Å². The summed E-state index contributed by atoms with van der Waals surface area (Å²) in [5.74, 6) is 0.964. The van der Waals surface area contributed by atoms with Gasteiger partial charge in [0.25, 0.3) is 0 Å². The molecule has 140 valence electrons. The molecular weight excluding hydrogens is 368 g/mol. The van der Waals surface area contributed by atoms with Crippen LogP contribution >= 0.6 is 11.8 Å². The van der Waals surface area contributed by atoms with Gasteiger partial charge in [-0.2, -0.15) is 0 Å². The number of hydrogen-bond donors (Lipinski definition) is 2. The minimum Gasteiger partial charge on any atom is -0.467 e. The number of pyridine rings is 1. The van der Waals surface area contributed by atoms with E-state index in [9.17, 15) is 9.59 Å². The molecule has 0 aliphatic heterocycles. The lowest BCUT2D eigenvalue weighted by atomic mass is 10.2. The maximum absolute atomic E-state index is 11.9. The first kappa shape index (κ1) is 18.6. The average molecular weight is 386 g/mol. The molecule has 0 aliphatic rings. The molecule has 3 heterocycles. The number of thioether (sulfide) groups is 1. The molecule has 3 aromatic rings. The third-order valence-electron chi connectivity index (χ3n) is 3.59. The highest BCUT2D eigenvalue weighted by atomic mass is 32.2. The largest absolute Gasteiger partial charge is 0.467 e. The molecule has 2 amide bonds. The number of carbonyl (C=O) groups excluding carboxylic acids is 2. The van der Waals surface area contributed by atoms with Crippen LogP contribution in [0.5, 0.6) is 0 Å². The topological polar surface area (TPSA) is 115 Å². The Morgan fingerprint density at radius 1 is 1.22 bits per heavy atom. The lowest BCUT2D eigenvalue weighted by molar-refractivity contribution is -0.124. The minimum absolute atomic E-state index is 0.0596. The lowest BCUT2D eigenvalue weighted by Gasteiger charge is -2.09. The van der Waals surface area contributed by atoms with Crippen LogP contribution in [0.15, 0.2) is 52.5 Å². The lowest BCUT2D eigenvalue weighted by Crippen LogP contribution is -2.36. The van der Waals surface area contributed by atoms with Crippen molar-refractivity contribution in [2.24, 2.45) is 0 Å². The predicted octanol–water partition coefficient (Wildman–Crippen LogP) is 0.936. The quantitative estimate of drug-likeness (QED) is 0.554. The van der Waals surface area contributed by atoms with Crippen molar-refractivity contribution in [1.82, 2.24) is 30.4 Å². The smallest absolute Gasteiger partial charge is 0.239 e. The van der Waals surface area contributed by atoms with Crippen LogP contribution in [0.2, 0.25) is 0 Å². The van der Waals surface area contributed by atoms with Crippen LogP contribution in [0.4, 0.5) is 0 Å². The molecule has 2 N–H and O–H groups in total. The van der Waals surface area contributed by atoms with Crippen molar-refractivity contribution in [3.05, 3.63) is 48.7 Å². The van der Waals surface area contributed by atoms with Crippen LogP contribution in [-0.2, 0) is 16.1 Å². The molecular formula is C17H18N6O3S. The fourth-order valence-electron chi connectivity index (χ4n) is 2.25. The molecule has 27 heavy (non-hydrogen) atoms. The summed E-state index contributed by atoms with van der Waals surface area (Å²) in [5.41, 5.74) is 0.812. The van der Waals surface area contributed by atoms with Gasteiger partial charge >= 0.3 is 0 Å². The zero-order valence-corrected chi connectivity index (χ0v) is 15.4. The highest BCUT2D eigenvalue weighted by molar-refractivity contribution is 7.99. The molecule has 10 heteroatoms. The van der Waals surface area contributed by atoms with Crippen molar-refractivity contribution in [3.63, 3.8) is 0 Å². The summed E-state index contributed by atoms with van der Waals surface area (Å²) in [7, 11) is 1.51. The summed E-state index contributed by atoms with van der Waals surface area (Å²) in [6.45, 7) is 0.363. The fourth-order valence-corrected chi connectivity index (χ4v) is 3.02. The van der Waals surface area contributed by atoms with Crippen LogP contribution in [0, 0.1) is 0 Å². The van der Waals surface area contributed by atoms with Gasteiger partial charge in [-0.15, -0.1) is 10.2 Å². The highest BCUT2D eigenvalue weighted by Crippen LogP contribution is 2.24. The van der Waals surface area contributed by atoms with Gasteiger partial charge in [0.05, 0.1) is 25.1 Å². The van der Waals surface area contributed by atoms with Crippen LogP contribution in [0.25, 0.3) is 11.4 Å². The Hall–Kier alpha value is -3.14. The molecule has 0 aromatic carbocycles. The Labute approximate surface area is 159 Å². The van der Waals surface area contributed by atoms with Crippen molar-refractivity contribution in [1.29, 1.82) is 0 Å². The molecule has 3 aromatic heterocycles. The monoisotopic (exact) mass is 386 g/mol. The second kappa shape index (κ2) is 8.99. The van der Waals surface area contributed by atoms with E-state index in [1.54, 1.807) is 18.7 Å². The van der Waals surface area contributed by atoms with E-state index in [0.717, 1.165) is 11.3 Å². The van der Waals surface area contributed by atoms with Crippen molar-refractivity contribution in [3.8, 4) is 11.4 Å². The number of aromatic nitrogens is 4. The van der Waals surface area contributed by atoms with Gasteiger partial charge in [0.1, 0.15) is 5.76 Å². The van der Waals surface area contributed by atoms with Gasteiger partial charge < -0.3 is 15.1 Å². The van der Waals surface area contributed by atoms with Crippen molar-refractivity contribution >= 4 is 23.6 Å². The molecule has 0 saturated heterocycles. The number of nitrogens with zero attached hydrogens (tertiary/aromatic N) is 4. The molecule has 0 atom stereocenters. The number of likely N-dealkylation sites (N-methyl/N-ethyl adjacent to an activating group) is 1. The van der Waals surface area contributed by atoms with Gasteiger partial charge in [-0.1, -0.05) is 11.8 Å². The van der Waals surface area contributed by atoms with E-state index in [4.69, 9.17) is 4.42 Å². The summed E-state index contributed by atoms with van der Waals surface area (Å²) in [5, 5.41) is 14.0. The number of rotatable bonds is 8. The Bertz CT molecular complexity index is 895. The maximum Gasteiger partial charge on any atom is 0.239 e. The van der Waals surface area contributed by atoms with Gasteiger partial charge in [0.2, 0.25) is 11.8 Å². The van der Waals surface area contributed by atoms with Crippen molar-refractivity contribution < 1.29 is 14.0 Å². The minimum atomic E-state index is -0.265. The molecule has 0 spiro atoms. The second-order valence-electron chi connectivity index (χ2n) is 5.45. The number of amides is 2. The molecule has 9 nitrogen and oxygen atoms in total. The molecule has 0 saturated carbocycles. The number of carbonyl (C=O) groups is 2. The molecule has 0 radical (unpaired) electrons. The Morgan fingerprint density at radius 2 is 2.11 bits per heavy atom. The van der Waals surface area contributed by atoms with E-state index in [1.807, 2.05) is 28.8 Å². The highest BCUT2D eigenvalue weighted by Gasteiger charge is 2.17. The van der Waals surface area contributed by atoms with Gasteiger partial charge in [0, 0.05) is 25.0 Å². The molecule has 0 fully saturated rings. The zero-order valence-electron chi connectivity index (χ0n) is 14.6. The normalized spacial score (nSPS) is 10.6. The van der Waals surface area contributed by atoms with E-state index in [2.05, 4.69) is 25.8 Å². The van der Waals surface area contributed by atoms with Gasteiger partial charge in [-0.05, 0) is 24.3 Å². The SMILES string of the molecule is CNC(=O)CNC(=O)CSc1nnc(-c2cccnc2)n1Cc1ccco1. The Balaban J connectivity index is 1.75. The van der Waals surface area contributed by atoms with Crippen LogP contribution < -0.4 is 10.6 Å². The summed E-state index contributed by atoms with van der Waals surface area (Å²) < 4.78 is 7.30. The second-order valence-corrected chi connectivity index (χ2v) is 6.39. The standard InChI is InChI=1S/C17H18N6O3S/c1-18-14(24)9-20-15(25)11-27-17-22-21-16(12-4-2-6-19-8-12)23(17)10-13-5-3-7-26-13/h2-8H,9-11H2,1H3,(H,18,24)(H,20,25). The molecule has 0 bridgehead atoms. The number of hydrogen-bond acceptors (Lipinski definition) is 7. The third-order valence-corrected chi connectivity index (χ3v) is 4.55. The average Bonchev–Trinajstić information content (AvgIpc) is 3.35. The van der Waals surface area contributed by atoms with Crippen LogP contribution in [0.3, 0.4) is 0 Å². The van der Waals surface area contributed by atoms with Crippen LogP contribution in [0.1, 0.15) is 5.76 Å². The predicted molar refractivity (Wildman–Crippen MR) is 98.9 cm³/mol. The van der Waals surface area contributed by atoms with Gasteiger partial charge in [-0.3, -0.25) is 19.1 Å². The van der Waals surface area contributed by atoms with Gasteiger partial charge in [0.15, 0.2) is 11.0 Å². The summed E-state index contributed by atoms with van der Waals surface area (Å²) >= 11 is 1.24. The molecule has 3 rings (SSSR count). The molecule has 0 unspecified atom stereocenters. The van der Waals surface area contributed by atoms with E-state index < -0.39 is 0 Å². The van der Waals surface area contributed by atoms with Gasteiger partial charge in [-0.25, -0.2) is 0 Å². The van der Waals surface area contributed by atoms with Crippen LogP contribution in [-0.4, -0.2) is 50.9 Å². The molecule has 0 aliphatic carbocycles. The summed E-state index contributed by atoms with van der Waals surface area (Å²) in [4.78, 5) is 27.3. The third kappa shape index (κ3) is 4.94. The Kier molecular flexibility index (Phi) is 6.21. The van der Waals surface area contributed by atoms with E-state index in [1.165, 1.54) is 18.8 Å². The Morgan fingerprint density at radius 3 is 2.81 bits per heavy atom. The summed E-state index contributed by atoms with van der Waals surface area (Å²) in [6, 6.07) is 7.38. The first-order chi connectivity index (χ1) is 13.2. The van der Waals surface area contributed by atoms with Crippen molar-refractivity contribution in [2.45, 2.75) is 11.7 Å². The fraction of sp³-hybridized carbons (Fsp3) is 0.235. The summed E-state index contributed by atoms with van der Waals surface area (Å²) in [6.07, 6.45) is 4.98. The van der Waals surface area contributed by atoms with E-state index in [0.29, 0.717) is 17.5 Å². The maximum atomic E-state index is 11.9. The number of furan rings is 1. The zero-order chi connectivity index (χ0) is 19.1.